The smallest absolute Gasteiger partial charge is 0.190 e. The third kappa shape index (κ3) is 6.94. The molecular weight excluding hydrogens is 314 g/mol. The van der Waals surface area contributed by atoms with Crippen LogP contribution in [-0.4, -0.2) is 45.9 Å². The number of aliphatic imine (C=N–C) groups is 1. The van der Waals surface area contributed by atoms with Gasteiger partial charge in [-0.1, -0.05) is 25.0 Å². The molecule has 5 heteroatoms. The molecule has 2 rings (SSSR count). The molecule has 1 aromatic rings. The quantitative estimate of drug-likeness (QED) is 0.409. The van der Waals surface area contributed by atoms with Crippen LogP contribution in [0.2, 0.25) is 0 Å². The molecule has 5 nitrogen and oxygen atoms in total. The van der Waals surface area contributed by atoms with Crippen LogP contribution in [-0.2, 0) is 11.2 Å². The summed E-state index contributed by atoms with van der Waals surface area (Å²) in [6.45, 7) is 4.61. The Morgan fingerprint density at radius 1 is 1.20 bits per heavy atom. The number of nitrogens with zero attached hydrogens (tertiary/aromatic N) is 1. The summed E-state index contributed by atoms with van der Waals surface area (Å²) in [5.74, 6) is 1.79. The summed E-state index contributed by atoms with van der Waals surface area (Å²) in [6.07, 6.45) is 7.57. The minimum absolute atomic E-state index is 0.504. The van der Waals surface area contributed by atoms with Gasteiger partial charge in [0.05, 0.1) is 13.2 Å². The first-order valence-electron chi connectivity index (χ1n) is 9.42. The molecule has 2 N–H and O–H groups in total. The predicted octanol–water partition coefficient (Wildman–Crippen LogP) is 3.06. The standard InChI is InChI=1S/C20H33N3O2/c1-16-9-10-17(15-19(16)24-3)11-13-23-20(21-2)22-12-6-14-25-18-7-4-5-8-18/h9-10,15,18H,4-8,11-14H2,1-3H3,(H2,21,22,23). The van der Waals surface area contributed by atoms with E-state index in [-0.39, 0.29) is 0 Å². The summed E-state index contributed by atoms with van der Waals surface area (Å²) in [5.41, 5.74) is 2.42. The highest BCUT2D eigenvalue weighted by molar-refractivity contribution is 5.79. The largest absolute Gasteiger partial charge is 0.496 e. The second-order valence-electron chi connectivity index (χ2n) is 6.61. The molecule has 25 heavy (non-hydrogen) atoms. The first-order chi connectivity index (χ1) is 12.2. The lowest BCUT2D eigenvalue weighted by Crippen LogP contribution is -2.39. The van der Waals surface area contributed by atoms with Crippen molar-refractivity contribution in [3.05, 3.63) is 29.3 Å². The van der Waals surface area contributed by atoms with Gasteiger partial charge >= 0.3 is 0 Å². The van der Waals surface area contributed by atoms with E-state index in [9.17, 15) is 0 Å². The van der Waals surface area contributed by atoms with Gasteiger partial charge in [-0.3, -0.25) is 4.99 Å². The van der Waals surface area contributed by atoms with Gasteiger partial charge in [0.15, 0.2) is 5.96 Å². The Hall–Kier alpha value is -1.75. The van der Waals surface area contributed by atoms with Crippen LogP contribution in [0.3, 0.4) is 0 Å². The fourth-order valence-corrected chi connectivity index (χ4v) is 3.15. The highest BCUT2D eigenvalue weighted by atomic mass is 16.5. The van der Waals surface area contributed by atoms with E-state index in [4.69, 9.17) is 9.47 Å². The van der Waals surface area contributed by atoms with Gasteiger partial charge in [0, 0.05) is 26.7 Å². The van der Waals surface area contributed by atoms with Crippen molar-refractivity contribution in [1.82, 2.24) is 10.6 Å². The molecule has 1 aliphatic carbocycles. The number of methoxy groups -OCH3 is 1. The van der Waals surface area contributed by atoms with Gasteiger partial charge in [-0.25, -0.2) is 0 Å². The van der Waals surface area contributed by atoms with Gasteiger partial charge in [0.25, 0.3) is 0 Å². The molecule has 1 saturated carbocycles. The Kier molecular flexibility index (Phi) is 8.60. The fraction of sp³-hybridized carbons (Fsp3) is 0.650. The lowest BCUT2D eigenvalue weighted by molar-refractivity contribution is 0.0574. The monoisotopic (exact) mass is 347 g/mol. The maximum Gasteiger partial charge on any atom is 0.190 e. The Balaban J connectivity index is 1.59. The molecule has 0 aromatic heterocycles. The Bertz CT molecular complexity index is 540. The molecule has 0 bridgehead atoms. The summed E-state index contributed by atoms with van der Waals surface area (Å²) in [5, 5.41) is 6.71. The fourth-order valence-electron chi connectivity index (χ4n) is 3.15. The Labute approximate surface area is 152 Å². The molecule has 0 atom stereocenters. The van der Waals surface area contributed by atoms with Gasteiger partial charge in [-0.15, -0.1) is 0 Å². The SMILES string of the molecule is CN=C(NCCCOC1CCCC1)NCCc1ccc(C)c(OC)c1. The van der Waals surface area contributed by atoms with Crippen LogP contribution in [0, 0.1) is 6.92 Å². The van der Waals surface area contributed by atoms with Gasteiger partial charge in [0.2, 0.25) is 0 Å². The summed E-state index contributed by atoms with van der Waals surface area (Å²) in [7, 11) is 3.52. The maximum atomic E-state index is 5.88. The highest BCUT2D eigenvalue weighted by Crippen LogP contribution is 2.21. The average Bonchev–Trinajstić information content (AvgIpc) is 3.14. The van der Waals surface area contributed by atoms with Crippen molar-refractivity contribution in [3.8, 4) is 5.75 Å². The van der Waals surface area contributed by atoms with Gasteiger partial charge < -0.3 is 20.1 Å². The van der Waals surface area contributed by atoms with Crippen LogP contribution in [0.25, 0.3) is 0 Å². The number of guanidine groups is 1. The second kappa shape index (κ2) is 11.0. The minimum Gasteiger partial charge on any atom is -0.496 e. The third-order valence-corrected chi connectivity index (χ3v) is 4.67. The number of hydrogen-bond acceptors (Lipinski definition) is 3. The molecule has 1 aromatic carbocycles. The summed E-state index contributed by atoms with van der Waals surface area (Å²) >= 11 is 0. The number of hydrogen-bond donors (Lipinski definition) is 2. The van der Waals surface area contributed by atoms with E-state index in [1.807, 2.05) is 0 Å². The van der Waals surface area contributed by atoms with Crippen LogP contribution in [0.15, 0.2) is 23.2 Å². The van der Waals surface area contributed by atoms with Crippen LogP contribution >= 0.6 is 0 Å². The van der Waals surface area contributed by atoms with Crippen molar-refractivity contribution in [3.63, 3.8) is 0 Å². The number of nitrogens with one attached hydrogen (secondary N) is 2. The van der Waals surface area contributed by atoms with Crippen molar-refractivity contribution in [2.24, 2.45) is 4.99 Å². The predicted molar refractivity (Wildman–Crippen MR) is 104 cm³/mol. The highest BCUT2D eigenvalue weighted by Gasteiger charge is 2.14. The van der Waals surface area contributed by atoms with Crippen molar-refractivity contribution >= 4 is 5.96 Å². The van der Waals surface area contributed by atoms with Gasteiger partial charge in [0.1, 0.15) is 5.75 Å². The number of aryl methyl sites for hydroxylation is 1. The van der Waals surface area contributed by atoms with Crippen LogP contribution in [0.1, 0.15) is 43.2 Å². The lowest BCUT2D eigenvalue weighted by atomic mass is 10.1. The van der Waals surface area contributed by atoms with Crippen molar-refractivity contribution in [1.29, 1.82) is 0 Å². The van der Waals surface area contributed by atoms with E-state index in [1.54, 1.807) is 14.2 Å². The molecule has 0 spiro atoms. The third-order valence-electron chi connectivity index (χ3n) is 4.67. The second-order valence-corrected chi connectivity index (χ2v) is 6.61. The first-order valence-corrected chi connectivity index (χ1v) is 9.42. The molecule has 0 amide bonds. The lowest BCUT2D eigenvalue weighted by Gasteiger charge is -2.14. The van der Waals surface area contributed by atoms with Crippen LogP contribution < -0.4 is 15.4 Å². The molecule has 1 fully saturated rings. The van der Waals surface area contributed by atoms with Crippen molar-refractivity contribution in [2.45, 2.75) is 51.6 Å². The molecule has 0 radical (unpaired) electrons. The summed E-state index contributed by atoms with van der Waals surface area (Å²) in [4.78, 5) is 4.27. The van der Waals surface area contributed by atoms with E-state index in [0.29, 0.717) is 6.10 Å². The molecule has 0 unspecified atom stereocenters. The molecule has 0 aliphatic heterocycles. The van der Waals surface area contributed by atoms with Crippen LogP contribution in [0.4, 0.5) is 0 Å². The molecule has 1 aliphatic rings. The van der Waals surface area contributed by atoms with Gasteiger partial charge in [-0.05, 0) is 49.8 Å². The van der Waals surface area contributed by atoms with Gasteiger partial charge in [-0.2, -0.15) is 0 Å². The zero-order chi connectivity index (χ0) is 17.9. The normalized spacial score (nSPS) is 15.4. The van der Waals surface area contributed by atoms with Crippen molar-refractivity contribution < 1.29 is 9.47 Å². The van der Waals surface area contributed by atoms with Crippen LogP contribution in [0.5, 0.6) is 5.75 Å². The number of ether oxygens (including phenoxy) is 2. The Morgan fingerprint density at radius 2 is 1.96 bits per heavy atom. The minimum atomic E-state index is 0.504. The zero-order valence-electron chi connectivity index (χ0n) is 15.9. The molecule has 0 heterocycles. The van der Waals surface area contributed by atoms with E-state index < -0.39 is 0 Å². The van der Waals surface area contributed by atoms with E-state index in [1.165, 1.54) is 31.2 Å². The molecule has 0 saturated heterocycles. The number of benzene rings is 1. The molecule has 140 valence electrons. The van der Waals surface area contributed by atoms with Crippen molar-refractivity contribution in [2.75, 3.05) is 33.9 Å². The Morgan fingerprint density at radius 3 is 2.68 bits per heavy atom. The summed E-state index contributed by atoms with van der Waals surface area (Å²) in [6, 6.07) is 6.36. The number of rotatable bonds is 9. The zero-order valence-corrected chi connectivity index (χ0v) is 15.9. The van der Waals surface area contributed by atoms with E-state index in [2.05, 4.69) is 40.7 Å². The van der Waals surface area contributed by atoms with E-state index >= 15 is 0 Å². The molecular formula is C20H33N3O2. The topological polar surface area (TPSA) is 54.9 Å². The average molecular weight is 348 g/mol. The summed E-state index contributed by atoms with van der Waals surface area (Å²) < 4.78 is 11.3. The van der Waals surface area contributed by atoms with E-state index in [0.717, 1.165) is 49.8 Å². The first kappa shape index (κ1) is 19.6. The maximum absolute atomic E-state index is 5.88.